The van der Waals surface area contributed by atoms with Crippen LogP contribution >= 0.6 is 0 Å². The molecule has 3 heteroatoms. The van der Waals surface area contributed by atoms with Crippen LogP contribution in [0.4, 0.5) is 0 Å². The van der Waals surface area contributed by atoms with Crippen molar-refractivity contribution in [1.82, 2.24) is 5.32 Å². The Hall–Kier alpha value is -1.22. The van der Waals surface area contributed by atoms with E-state index in [4.69, 9.17) is 20.4 Å². The summed E-state index contributed by atoms with van der Waals surface area (Å²) in [7, 11) is 0. The van der Waals surface area contributed by atoms with Gasteiger partial charge in [0.25, 0.3) is 0 Å². The normalized spacial score (nSPS) is 29.4. The Morgan fingerprint density at radius 1 is 1.57 bits per heavy atom. The molecule has 1 heterocycles. The molecule has 0 aliphatic carbocycles. The van der Waals surface area contributed by atoms with Gasteiger partial charge in [0.2, 0.25) is 6.75 Å². The van der Waals surface area contributed by atoms with Crippen molar-refractivity contribution < 1.29 is 20.4 Å². The Morgan fingerprint density at radius 2 is 2.50 bits per heavy atom. The molecule has 0 amide bonds. The molecule has 0 aromatic heterocycles. The minimum Gasteiger partial charge on any atom is -0.454 e. The topological polar surface area (TPSA) is 30.5 Å². The number of hydrogen-bond acceptors (Lipinski definition) is 3. The van der Waals surface area contributed by atoms with Crippen LogP contribution in [0, 0.1) is 0 Å². The van der Waals surface area contributed by atoms with Crippen molar-refractivity contribution in [3.05, 3.63) is 23.8 Å². The van der Waals surface area contributed by atoms with Gasteiger partial charge in [-0.25, -0.2) is 0 Å². The smallest absolute Gasteiger partial charge is 0.231 e. The van der Waals surface area contributed by atoms with Gasteiger partial charge in [0, 0.05) is 14.3 Å². The van der Waals surface area contributed by atoms with Gasteiger partial charge in [-0.2, -0.15) is 0 Å². The first-order valence-corrected chi connectivity index (χ1v) is 4.14. The third-order valence-corrected chi connectivity index (χ3v) is 1.93. The van der Waals surface area contributed by atoms with Crippen LogP contribution in [-0.2, 0) is 6.42 Å². The average molecular weight is 201 g/mol. The predicted molar refractivity (Wildman–Crippen MR) is 54.8 cm³/mol. The minimum atomic E-state index is -2.58. The van der Waals surface area contributed by atoms with Gasteiger partial charge in [-0.05, 0) is 37.9 Å². The van der Waals surface area contributed by atoms with Crippen LogP contribution in [0.2, 0.25) is 0 Å². The van der Waals surface area contributed by atoms with E-state index >= 15 is 0 Å². The highest BCUT2D eigenvalue weighted by molar-refractivity contribution is 5.44. The van der Waals surface area contributed by atoms with Crippen LogP contribution in [0.3, 0.4) is 0 Å². The molecule has 1 unspecified atom stereocenters. The second-order valence-corrected chi connectivity index (χ2v) is 2.97. The van der Waals surface area contributed by atoms with E-state index in [0.717, 1.165) is 0 Å². The van der Waals surface area contributed by atoms with Crippen LogP contribution in [-0.4, -0.2) is 19.8 Å². The first-order chi connectivity index (χ1) is 9.86. The summed E-state index contributed by atoms with van der Waals surface area (Å²) in [5.41, 5.74) is 0.498. The first kappa shape index (κ1) is 3.74. The summed E-state index contributed by atoms with van der Waals surface area (Å²) in [6, 6.07) is 3.18. The lowest BCUT2D eigenvalue weighted by atomic mass is 10.1. The fourth-order valence-electron chi connectivity index (χ4n) is 1.24. The summed E-state index contributed by atoms with van der Waals surface area (Å²) in [6.07, 6.45) is -0.0749. The molecule has 0 saturated heterocycles. The molecule has 3 nitrogen and oxygen atoms in total. The first-order valence-electron chi connectivity index (χ1n) is 8.14. The fraction of sp³-hybridized carbons (Fsp3) is 0.455. The second kappa shape index (κ2) is 3.88. The molecule has 0 saturated carbocycles. The van der Waals surface area contributed by atoms with E-state index in [1.54, 1.807) is 6.07 Å². The highest BCUT2D eigenvalue weighted by Gasteiger charge is 2.13. The highest BCUT2D eigenvalue weighted by atomic mass is 16.7. The Bertz CT molecular complexity index is 554. The highest BCUT2D eigenvalue weighted by Crippen LogP contribution is 2.32. The number of rotatable bonds is 3. The van der Waals surface area contributed by atoms with Crippen molar-refractivity contribution in [3.8, 4) is 11.5 Å². The standard InChI is InChI=1S/C11H15NO2/c1-8(12-2)5-9-3-4-10-11(6-9)14-7-13-10/h3-4,6,8,12H,5,7H2,1-2H3/i1D3,2D3,7D2. The Morgan fingerprint density at radius 3 is 3.36 bits per heavy atom. The maximum Gasteiger partial charge on any atom is 0.231 e. The van der Waals surface area contributed by atoms with Gasteiger partial charge in [0.15, 0.2) is 11.5 Å². The Balaban J connectivity index is 2.18. The number of likely N-dealkylation sites (N-methyl/N-ethyl adjacent to an activating group) is 1. The van der Waals surface area contributed by atoms with Crippen LogP contribution in [0.5, 0.6) is 11.5 Å². The van der Waals surface area contributed by atoms with E-state index in [1.165, 1.54) is 12.1 Å². The van der Waals surface area contributed by atoms with Crippen molar-refractivity contribution in [2.75, 3.05) is 13.7 Å². The molecule has 76 valence electrons. The predicted octanol–water partition coefficient (Wildman–Crippen LogP) is 1.57. The molecule has 1 aliphatic rings. The maximum absolute atomic E-state index is 7.44. The summed E-state index contributed by atoms with van der Waals surface area (Å²) in [5.74, 6) is 0.364. The zero-order valence-electron chi connectivity index (χ0n) is 15.3. The summed E-state index contributed by atoms with van der Waals surface area (Å²) in [4.78, 5) is 0. The zero-order valence-corrected chi connectivity index (χ0v) is 7.33. The van der Waals surface area contributed by atoms with Gasteiger partial charge in [0.05, 0.1) is 0 Å². The van der Waals surface area contributed by atoms with Crippen molar-refractivity contribution >= 4 is 0 Å². The molecule has 2 rings (SSSR count). The van der Waals surface area contributed by atoms with Gasteiger partial charge in [0.1, 0.15) is 2.74 Å². The molecule has 1 N–H and O–H groups in total. The Labute approximate surface area is 95.3 Å². The van der Waals surface area contributed by atoms with E-state index < -0.39 is 26.6 Å². The number of fused-ring (bicyclic) bond motifs is 1. The van der Waals surface area contributed by atoms with Crippen LogP contribution in [0.25, 0.3) is 0 Å². The molecule has 1 atom stereocenters. The van der Waals surface area contributed by atoms with Crippen LogP contribution in [0.1, 0.15) is 23.4 Å². The number of benzene rings is 1. The quantitative estimate of drug-likeness (QED) is 0.805. The number of ether oxygens (including phenoxy) is 2. The average Bonchev–Trinajstić information content (AvgIpc) is 2.58. The Kier molecular flexibility index (Phi) is 1.04. The van der Waals surface area contributed by atoms with Crippen molar-refractivity contribution in [2.45, 2.75) is 19.3 Å². The van der Waals surface area contributed by atoms with Gasteiger partial charge in [-0.1, -0.05) is 6.07 Å². The van der Waals surface area contributed by atoms with Gasteiger partial charge >= 0.3 is 0 Å². The maximum atomic E-state index is 7.44. The second-order valence-electron chi connectivity index (χ2n) is 2.97. The SMILES string of the molecule is [2H]C([2H])([2H])NC(Cc1ccc2c(c1)OC([2H])([2H])O2)C([2H])([2H])[2H]. The largest absolute Gasteiger partial charge is 0.454 e. The molecule has 0 spiro atoms. The lowest BCUT2D eigenvalue weighted by Crippen LogP contribution is -2.23. The van der Waals surface area contributed by atoms with Gasteiger partial charge in [-0.3, -0.25) is 0 Å². The molecule has 1 aromatic carbocycles. The summed E-state index contributed by atoms with van der Waals surface area (Å²) >= 11 is 0. The number of nitrogens with one attached hydrogen (secondary N) is 1. The molecule has 1 aliphatic heterocycles. The van der Waals surface area contributed by atoms with Gasteiger partial charge in [-0.15, -0.1) is 0 Å². The third kappa shape index (κ3) is 1.82. The third-order valence-electron chi connectivity index (χ3n) is 1.93. The van der Waals surface area contributed by atoms with Crippen molar-refractivity contribution in [2.24, 2.45) is 0 Å². The van der Waals surface area contributed by atoms with Crippen LogP contribution < -0.4 is 14.8 Å². The molecular formula is C11H15NO2. The molecular weight excluding hydrogens is 178 g/mol. The molecule has 14 heavy (non-hydrogen) atoms. The lowest BCUT2D eigenvalue weighted by molar-refractivity contribution is 0.174. The van der Waals surface area contributed by atoms with E-state index in [-0.39, 0.29) is 17.9 Å². The summed E-state index contributed by atoms with van der Waals surface area (Å²) in [5, 5.41) is 2.12. The molecule has 0 fully saturated rings. The van der Waals surface area contributed by atoms with Crippen molar-refractivity contribution in [3.63, 3.8) is 0 Å². The fourth-order valence-corrected chi connectivity index (χ4v) is 1.24. The van der Waals surface area contributed by atoms with E-state index in [1.807, 2.05) is 0 Å². The molecule has 0 bridgehead atoms. The van der Waals surface area contributed by atoms with Crippen LogP contribution in [0.15, 0.2) is 18.2 Å². The summed E-state index contributed by atoms with van der Waals surface area (Å²) < 4.78 is 68.3. The minimum absolute atomic E-state index is 0.0749. The van der Waals surface area contributed by atoms with E-state index in [9.17, 15) is 0 Å². The summed E-state index contributed by atoms with van der Waals surface area (Å²) in [6.45, 7) is -7.34. The molecule has 0 radical (unpaired) electrons. The zero-order chi connectivity index (χ0) is 16.8. The lowest BCUT2D eigenvalue weighted by Gasteiger charge is -2.09. The monoisotopic (exact) mass is 201 g/mol. The van der Waals surface area contributed by atoms with Crippen molar-refractivity contribution in [1.29, 1.82) is 0 Å². The van der Waals surface area contributed by atoms with Gasteiger partial charge < -0.3 is 14.8 Å². The van der Waals surface area contributed by atoms with E-state index in [2.05, 4.69) is 5.32 Å². The van der Waals surface area contributed by atoms with E-state index in [0.29, 0.717) is 5.56 Å². The number of hydrogen-bond donors (Lipinski definition) is 1. The molecule has 1 aromatic rings.